The molecule has 1 fully saturated rings. The number of nitrogens with zero attached hydrogens (tertiary/aromatic N) is 5. The number of alkyl halides is 1. The molecule has 0 unspecified atom stereocenters. The van der Waals surface area contributed by atoms with Gasteiger partial charge in [0, 0.05) is 56.7 Å². The molecule has 0 aliphatic carbocycles. The number of aryl methyl sites for hydroxylation is 3. The van der Waals surface area contributed by atoms with Gasteiger partial charge in [-0.1, -0.05) is 0 Å². The standard InChI is InChI=1S/C17H27FN6/c1-12-17(13(2)21-20-12)11-22(3)9-16-7-14(18)8-24(16)10-15-5-6-19-23(15)4/h5-6,14,16H,7-11H2,1-4H3,(H,20,21)/t14-,16-/m0/s1. The molecule has 0 radical (unpaired) electrons. The van der Waals surface area contributed by atoms with Gasteiger partial charge in [-0.2, -0.15) is 10.2 Å². The Balaban J connectivity index is 1.62. The predicted octanol–water partition coefficient (Wildman–Crippen LogP) is 1.80. The van der Waals surface area contributed by atoms with Crippen LogP contribution in [0.1, 0.15) is 29.1 Å². The van der Waals surface area contributed by atoms with Gasteiger partial charge in [-0.05, 0) is 33.4 Å². The molecule has 1 aliphatic rings. The lowest BCUT2D eigenvalue weighted by molar-refractivity contribution is 0.177. The maximum atomic E-state index is 14.0. The molecule has 7 heteroatoms. The van der Waals surface area contributed by atoms with Crippen LogP contribution in [0.15, 0.2) is 12.3 Å². The van der Waals surface area contributed by atoms with Gasteiger partial charge in [-0.3, -0.25) is 14.7 Å². The van der Waals surface area contributed by atoms with E-state index in [1.807, 2.05) is 31.6 Å². The minimum Gasteiger partial charge on any atom is -0.300 e. The maximum absolute atomic E-state index is 14.0. The SMILES string of the molecule is Cc1n[nH]c(C)c1CN(C)C[C@@H]1C[C@H](F)CN1Cc1ccnn1C. The van der Waals surface area contributed by atoms with E-state index in [0.717, 1.165) is 36.7 Å². The number of likely N-dealkylation sites (N-methyl/N-ethyl adjacent to an activating group) is 1. The number of hydrogen-bond donors (Lipinski definition) is 1. The molecule has 1 saturated heterocycles. The minimum atomic E-state index is -0.742. The van der Waals surface area contributed by atoms with Gasteiger partial charge < -0.3 is 4.90 Å². The van der Waals surface area contributed by atoms with Crippen molar-refractivity contribution in [2.24, 2.45) is 7.05 Å². The normalized spacial score (nSPS) is 21.9. The van der Waals surface area contributed by atoms with Gasteiger partial charge in [-0.15, -0.1) is 0 Å². The first-order valence-corrected chi connectivity index (χ1v) is 8.48. The molecule has 0 amide bonds. The number of nitrogens with one attached hydrogen (secondary N) is 1. The zero-order valence-electron chi connectivity index (χ0n) is 15.0. The van der Waals surface area contributed by atoms with Crippen molar-refractivity contribution in [3.63, 3.8) is 0 Å². The summed E-state index contributed by atoms with van der Waals surface area (Å²) in [6.07, 6.45) is 1.66. The summed E-state index contributed by atoms with van der Waals surface area (Å²) in [5.74, 6) is 0. The van der Waals surface area contributed by atoms with Crippen molar-refractivity contribution in [2.45, 2.75) is 45.6 Å². The molecular formula is C17H27FN6. The van der Waals surface area contributed by atoms with Crippen LogP contribution in [0.2, 0.25) is 0 Å². The molecule has 3 rings (SSSR count). The first-order valence-electron chi connectivity index (χ1n) is 8.48. The second kappa shape index (κ2) is 7.03. The van der Waals surface area contributed by atoms with Gasteiger partial charge in [0.1, 0.15) is 6.17 Å². The summed E-state index contributed by atoms with van der Waals surface area (Å²) in [6, 6.07) is 2.23. The highest BCUT2D eigenvalue weighted by Crippen LogP contribution is 2.24. The fourth-order valence-corrected chi connectivity index (χ4v) is 3.57. The predicted molar refractivity (Wildman–Crippen MR) is 91.3 cm³/mol. The van der Waals surface area contributed by atoms with Gasteiger partial charge >= 0.3 is 0 Å². The highest BCUT2D eigenvalue weighted by molar-refractivity contribution is 5.22. The molecule has 0 aromatic carbocycles. The summed E-state index contributed by atoms with van der Waals surface area (Å²) in [7, 11) is 4.03. The Labute approximate surface area is 142 Å². The summed E-state index contributed by atoms with van der Waals surface area (Å²) in [5, 5.41) is 11.5. The molecule has 0 saturated carbocycles. The molecule has 2 aromatic heterocycles. The summed E-state index contributed by atoms with van der Waals surface area (Å²) >= 11 is 0. The zero-order valence-corrected chi connectivity index (χ0v) is 15.0. The number of halogens is 1. The van der Waals surface area contributed by atoms with E-state index in [1.165, 1.54) is 5.56 Å². The molecular weight excluding hydrogens is 307 g/mol. The van der Waals surface area contributed by atoms with E-state index in [9.17, 15) is 4.39 Å². The third-order valence-electron chi connectivity index (χ3n) is 5.00. The van der Waals surface area contributed by atoms with Gasteiger partial charge in [0.25, 0.3) is 0 Å². The monoisotopic (exact) mass is 334 g/mol. The Morgan fingerprint density at radius 1 is 1.42 bits per heavy atom. The van der Waals surface area contributed by atoms with Gasteiger partial charge in [0.2, 0.25) is 0 Å². The number of aromatic amines is 1. The van der Waals surface area contributed by atoms with Crippen LogP contribution in [-0.2, 0) is 20.1 Å². The van der Waals surface area contributed by atoms with Crippen LogP contribution in [0.5, 0.6) is 0 Å². The van der Waals surface area contributed by atoms with E-state index in [2.05, 4.69) is 32.1 Å². The highest BCUT2D eigenvalue weighted by Gasteiger charge is 2.33. The van der Waals surface area contributed by atoms with Gasteiger partial charge in [0.15, 0.2) is 0 Å². The van der Waals surface area contributed by atoms with E-state index in [-0.39, 0.29) is 6.04 Å². The molecule has 3 heterocycles. The van der Waals surface area contributed by atoms with Crippen LogP contribution in [0, 0.1) is 13.8 Å². The Morgan fingerprint density at radius 3 is 2.83 bits per heavy atom. The third kappa shape index (κ3) is 3.67. The molecule has 132 valence electrons. The number of H-pyrrole nitrogens is 1. The first kappa shape index (κ1) is 17.1. The van der Waals surface area contributed by atoms with Gasteiger partial charge in [-0.25, -0.2) is 4.39 Å². The van der Waals surface area contributed by atoms with E-state index in [1.54, 1.807) is 6.20 Å². The summed E-state index contributed by atoms with van der Waals surface area (Å²) in [4.78, 5) is 4.51. The molecule has 2 atom stereocenters. The lowest BCUT2D eigenvalue weighted by Crippen LogP contribution is -2.38. The van der Waals surface area contributed by atoms with Crippen molar-refractivity contribution in [3.05, 3.63) is 34.9 Å². The average molecular weight is 334 g/mol. The fraction of sp³-hybridized carbons (Fsp3) is 0.647. The molecule has 1 N–H and O–H groups in total. The zero-order chi connectivity index (χ0) is 17.3. The summed E-state index contributed by atoms with van der Waals surface area (Å²) in [6.45, 7) is 7.01. The quantitative estimate of drug-likeness (QED) is 0.875. The fourth-order valence-electron chi connectivity index (χ4n) is 3.57. The van der Waals surface area contributed by atoms with Gasteiger partial charge in [0.05, 0.1) is 11.4 Å². The molecule has 2 aromatic rings. The van der Waals surface area contributed by atoms with Crippen LogP contribution < -0.4 is 0 Å². The molecule has 0 spiro atoms. The Hall–Kier alpha value is -1.73. The van der Waals surface area contributed by atoms with Crippen molar-refractivity contribution >= 4 is 0 Å². The summed E-state index contributed by atoms with van der Waals surface area (Å²) in [5.41, 5.74) is 4.52. The average Bonchev–Trinajstić information content (AvgIpc) is 3.17. The lowest BCUT2D eigenvalue weighted by atomic mass is 10.1. The molecule has 6 nitrogen and oxygen atoms in total. The summed E-state index contributed by atoms with van der Waals surface area (Å²) < 4.78 is 15.9. The highest BCUT2D eigenvalue weighted by atomic mass is 19.1. The van der Waals surface area contributed by atoms with Crippen LogP contribution in [0.25, 0.3) is 0 Å². The number of aromatic nitrogens is 4. The number of hydrogen-bond acceptors (Lipinski definition) is 4. The van der Waals surface area contributed by atoms with Crippen LogP contribution >= 0.6 is 0 Å². The van der Waals surface area contributed by atoms with Crippen molar-refractivity contribution < 1.29 is 4.39 Å². The Morgan fingerprint density at radius 2 is 2.21 bits per heavy atom. The smallest absolute Gasteiger partial charge is 0.114 e. The maximum Gasteiger partial charge on any atom is 0.114 e. The van der Waals surface area contributed by atoms with E-state index in [0.29, 0.717) is 13.0 Å². The van der Waals surface area contributed by atoms with E-state index in [4.69, 9.17) is 0 Å². The largest absolute Gasteiger partial charge is 0.300 e. The minimum absolute atomic E-state index is 0.229. The van der Waals surface area contributed by atoms with Crippen molar-refractivity contribution in [3.8, 4) is 0 Å². The molecule has 1 aliphatic heterocycles. The number of likely N-dealkylation sites (tertiary alicyclic amines) is 1. The second-order valence-electron chi connectivity index (χ2n) is 6.97. The first-order chi connectivity index (χ1) is 11.4. The van der Waals surface area contributed by atoms with Crippen molar-refractivity contribution in [1.29, 1.82) is 0 Å². The van der Waals surface area contributed by atoms with Crippen molar-refractivity contribution in [1.82, 2.24) is 29.8 Å². The van der Waals surface area contributed by atoms with Crippen LogP contribution in [-0.4, -0.2) is 62.1 Å². The molecule has 0 bridgehead atoms. The molecule has 24 heavy (non-hydrogen) atoms. The Kier molecular flexibility index (Phi) is 5.01. The number of rotatable bonds is 6. The third-order valence-corrected chi connectivity index (χ3v) is 5.00. The van der Waals surface area contributed by atoms with Crippen LogP contribution in [0.3, 0.4) is 0 Å². The Bertz CT molecular complexity index is 659. The second-order valence-corrected chi connectivity index (χ2v) is 6.97. The lowest BCUT2D eigenvalue weighted by Gasteiger charge is -2.28. The van der Waals surface area contributed by atoms with E-state index >= 15 is 0 Å². The van der Waals surface area contributed by atoms with Crippen molar-refractivity contribution in [2.75, 3.05) is 20.1 Å². The topological polar surface area (TPSA) is 53.0 Å². The van der Waals surface area contributed by atoms with Crippen LogP contribution in [0.4, 0.5) is 4.39 Å². The van der Waals surface area contributed by atoms with E-state index < -0.39 is 6.17 Å².